The summed E-state index contributed by atoms with van der Waals surface area (Å²) >= 11 is 0. The van der Waals surface area contributed by atoms with Crippen LogP contribution in [0, 0.1) is 20.8 Å². The summed E-state index contributed by atoms with van der Waals surface area (Å²) in [6.07, 6.45) is 0. The van der Waals surface area contributed by atoms with Crippen molar-refractivity contribution in [3.63, 3.8) is 0 Å². The maximum absolute atomic E-state index is 2.44. The Morgan fingerprint density at radius 2 is 0.655 bits per heavy atom. The van der Waals surface area contributed by atoms with Crippen LogP contribution in [0.2, 0.25) is 0 Å². The molecule has 0 N–H and O–H groups in total. The molecule has 0 radical (unpaired) electrons. The van der Waals surface area contributed by atoms with Gasteiger partial charge in [0.25, 0.3) is 0 Å². The number of nitrogens with zero attached hydrogens (tertiary/aromatic N) is 2. The van der Waals surface area contributed by atoms with Crippen LogP contribution >= 0.6 is 0 Å². The molecular formula is C51H38B2N2. The van der Waals surface area contributed by atoms with Crippen LogP contribution in [-0.4, -0.2) is 22.6 Å². The van der Waals surface area contributed by atoms with E-state index in [-0.39, 0.29) is 13.4 Å². The van der Waals surface area contributed by atoms with E-state index in [2.05, 4.69) is 206 Å². The van der Waals surface area contributed by atoms with E-state index in [9.17, 15) is 0 Å². The molecule has 0 amide bonds. The van der Waals surface area contributed by atoms with Crippen LogP contribution < -0.4 is 32.8 Å². The molecule has 0 bridgehead atoms. The fourth-order valence-corrected chi connectivity index (χ4v) is 10.1. The number of rotatable bonds is 4. The standard InChI is InChI=1S/C51H38B2N2/c1-33-30-36(54-47-24-12-4-16-38(47)39-17-5-13-25-48(39)54)28-29-42(33)52-43-20-8-10-22-45(43)53(46-23-11-9-21-44(46)52)51-34(2)31-37(32-35(51)3)55-49-26-14-6-18-40(49)41-19-7-15-27-50(41)55/h4-32H,1-3H3. The van der Waals surface area contributed by atoms with Gasteiger partial charge in [-0.3, -0.25) is 0 Å². The quantitative estimate of drug-likeness (QED) is 0.164. The van der Waals surface area contributed by atoms with Gasteiger partial charge in [0.2, 0.25) is 13.4 Å². The van der Waals surface area contributed by atoms with Crippen molar-refractivity contribution in [3.8, 4) is 11.4 Å². The third-order valence-electron chi connectivity index (χ3n) is 12.3. The lowest BCUT2D eigenvalue weighted by molar-refractivity contribution is 1.16. The summed E-state index contributed by atoms with van der Waals surface area (Å²) in [5.74, 6) is 0. The zero-order valence-corrected chi connectivity index (χ0v) is 31.3. The monoisotopic (exact) mass is 700 g/mol. The second-order valence-corrected chi connectivity index (χ2v) is 15.4. The highest BCUT2D eigenvalue weighted by molar-refractivity contribution is 7.11. The van der Waals surface area contributed by atoms with E-state index in [4.69, 9.17) is 0 Å². The Balaban J connectivity index is 1.06. The van der Waals surface area contributed by atoms with E-state index in [1.54, 1.807) is 0 Å². The van der Waals surface area contributed by atoms with E-state index in [0.29, 0.717) is 0 Å². The molecule has 0 fully saturated rings. The van der Waals surface area contributed by atoms with E-state index >= 15 is 0 Å². The molecule has 4 heteroatoms. The van der Waals surface area contributed by atoms with Crippen LogP contribution in [0.1, 0.15) is 16.7 Å². The molecule has 0 saturated carbocycles. The lowest BCUT2D eigenvalue weighted by atomic mass is 9.20. The van der Waals surface area contributed by atoms with Crippen LogP contribution in [0.5, 0.6) is 0 Å². The van der Waals surface area contributed by atoms with Crippen molar-refractivity contribution in [1.29, 1.82) is 0 Å². The Bertz CT molecular complexity index is 2990. The maximum atomic E-state index is 2.44. The van der Waals surface area contributed by atoms with Crippen LogP contribution in [0.15, 0.2) is 176 Å². The number of para-hydroxylation sites is 4. The van der Waals surface area contributed by atoms with Gasteiger partial charge >= 0.3 is 0 Å². The molecule has 10 aromatic rings. The van der Waals surface area contributed by atoms with Crippen molar-refractivity contribution in [2.45, 2.75) is 20.8 Å². The number of aryl methyl sites for hydroxylation is 3. The number of hydrogen-bond donors (Lipinski definition) is 0. The van der Waals surface area contributed by atoms with E-state index < -0.39 is 0 Å². The average molecular weight is 701 g/mol. The summed E-state index contributed by atoms with van der Waals surface area (Å²) in [5, 5.41) is 5.15. The second kappa shape index (κ2) is 12.3. The smallest absolute Gasteiger partial charge is 0.240 e. The minimum atomic E-state index is 0.132. The molecule has 2 aromatic heterocycles. The molecule has 1 aliphatic heterocycles. The molecule has 0 atom stereocenters. The Kier molecular flexibility index (Phi) is 7.13. The van der Waals surface area contributed by atoms with E-state index in [1.807, 2.05) is 0 Å². The summed E-state index contributed by atoms with van der Waals surface area (Å²) in [4.78, 5) is 0. The Morgan fingerprint density at radius 1 is 0.309 bits per heavy atom. The lowest BCUT2D eigenvalue weighted by Crippen LogP contribution is -2.75. The van der Waals surface area contributed by atoms with Crippen molar-refractivity contribution in [1.82, 2.24) is 9.13 Å². The number of hydrogen-bond acceptors (Lipinski definition) is 0. The van der Waals surface area contributed by atoms with Gasteiger partial charge in [-0.2, -0.15) is 0 Å². The number of fused-ring (bicyclic) bond motifs is 8. The lowest BCUT2D eigenvalue weighted by Gasteiger charge is -2.34. The van der Waals surface area contributed by atoms with Gasteiger partial charge in [-0.15, -0.1) is 0 Å². The normalized spacial score (nSPS) is 12.6. The van der Waals surface area contributed by atoms with Crippen LogP contribution in [-0.2, 0) is 0 Å². The minimum absolute atomic E-state index is 0.132. The Labute approximate surface area is 322 Å². The first kappa shape index (κ1) is 32.0. The molecule has 3 heterocycles. The summed E-state index contributed by atoms with van der Waals surface area (Å²) in [7, 11) is 0. The zero-order chi connectivity index (χ0) is 36.8. The first-order valence-corrected chi connectivity index (χ1v) is 19.4. The largest absolute Gasteiger partial charge is 0.309 e. The van der Waals surface area contributed by atoms with Crippen molar-refractivity contribution < 1.29 is 0 Å². The van der Waals surface area contributed by atoms with E-state index in [1.165, 1.54) is 104 Å². The highest BCUT2D eigenvalue weighted by atomic mass is 15.0. The SMILES string of the molecule is Cc1cc(-n2c3ccccc3c3ccccc32)ccc1B1c2ccccc2B(c2c(C)cc(-n3c4ccccc4c4ccccc43)cc2C)c2ccccc21. The van der Waals surface area contributed by atoms with E-state index in [0.717, 1.165) is 0 Å². The van der Waals surface area contributed by atoms with Gasteiger partial charge in [0.05, 0.1) is 22.1 Å². The van der Waals surface area contributed by atoms with Gasteiger partial charge in [0.1, 0.15) is 0 Å². The summed E-state index contributed by atoms with van der Waals surface area (Å²) in [6.45, 7) is 7.19. The minimum Gasteiger partial charge on any atom is -0.309 e. The summed E-state index contributed by atoms with van der Waals surface area (Å²) < 4.78 is 4.87. The molecule has 0 aliphatic carbocycles. The molecule has 55 heavy (non-hydrogen) atoms. The molecule has 0 spiro atoms. The average Bonchev–Trinajstić information content (AvgIpc) is 3.74. The highest BCUT2D eigenvalue weighted by Gasteiger charge is 2.39. The van der Waals surface area contributed by atoms with Gasteiger partial charge in [-0.05, 0) is 69.3 Å². The zero-order valence-electron chi connectivity index (χ0n) is 31.3. The molecule has 0 unspecified atom stereocenters. The van der Waals surface area contributed by atoms with Crippen LogP contribution in [0.25, 0.3) is 55.0 Å². The van der Waals surface area contributed by atoms with Gasteiger partial charge in [-0.1, -0.05) is 177 Å². The predicted molar refractivity (Wildman–Crippen MR) is 238 cm³/mol. The predicted octanol–water partition coefficient (Wildman–Crippen LogP) is 8.15. The molecule has 1 aliphatic rings. The van der Waals surface area contributed by atoms with Crippen LogP contribution in [0.4, 0.5) is 0 Å². The van der Waals surface area contributed by atoms with Crippen molar-refractivity contribution in [3.05, 3.63) is 193 Å². The topological polar surface area (TPSA) is 9.86 Å². The molecule has 8 aromatic carbocycles. The van der Waals surface area contributed by atoms with Gasteiger partial charge in [0, 0.05) is 32.9 Å². The molecule has 11 rings (SSSR count). The third kappa shape index (κ3) is 4.71. The third-order valence-corrected chi connectivity index (χ3v) is 12.3. The molecule has 2 nitrogen and oxygen atoms in total. The highest BCUT2D eigenvalue weighted by Crippen LogP contribution is 2.33. The summed E-state index contributed by atoms with van der Waals surface area (Å²) in [5.41, 5.74) is 19.6. The van der Waals surface area contributed by atoms with Gasteiger partial charge in [0.15, 0.2) is 0 Å². The Morgan fingerprint density at radius 3 is 1.07 bits per heavy atom. The molecular weight excluding hydrogens is 662 g/mol. The number of aromatic nitrogens is 2. The fraction of sp³-hybridized carbons (Fsp3) is 0.0588. The van der Waals surface area contributed by atoms with Crippen molar-refractivity contribution in [2.75, 3.05) is 0 Å². The van der Waals surface area contributed by atoms with Crippen molar-refractivity contribution in [2.24, 2.45) is 0 Å². The summed E-state index contributed by atoms with van der Waals surface area (Å²) in [6, 6.07) is 65.5. The molecule has 258 valence electrons. The second-order valence-electron chi connectivity index (χ2n) is 15.4. The molecule has 0 saturated heterocycles. The first-order valence-electron chi connectivity index (χ1n) is 19.4. The van der Waals surface area contributed by atoms with Gasteiger partial charge in [-0.25, -0.2) is 0 Å². The first-order chi connectivity index (χ1) is 27.1. The number of benzene rings is 8. The van der Waals surface area contributed by atoms with Crippen molar-refractivity contribution >= 4 is 89.8 Å². The maximum Gasteiger partial charge on any atom is 0.240 e. The van der Waals surface area contributed by atoms with Gasteiger partial charge < -0.3 is 9.13 Å². The Hall–Kier alpha value is -6.51. The van der Waals surface area contributed by atoms with Crippen LogP contribution in [0.3, 0.4) is 0 Å². The fourth-order valence-electron chi connectivity index (χ4n) is 10.1.